The zero-order valence-corrected chi connectivity index (χ0v) is 11.1. The molecular weight excluding hydrogens is 230 g/mol. The maximum atomic E-state index is 11.4. The molecule has 1 aromatic carbocycles. The molecule has 2 rings (SSSR count). The Labute approximate surface area is 107 Å². The number of amides is 1. The molecule has 0 heterocycles. The van der Waals surface area contributed by atoms with Crippen LogP contribution >= 0.6 is 11.8 Å². The second-order valence-electron chi connectivity index (χ2n) is 4.61. The highest BCUT2D eigenvalue weighted by molar-refractivity contribution is 7.98. The van der Waals surface area contributed by atoms with E-state index in [1.54, 1.807) is 0 Å². The molecule has 0 unspecified atom stereocenters. The van der Waals surface area contributed by atoms with Crippen LogP contribution in [0.5, 0.6) is 0 Å². The number of carbonyl (C=O) groups is 1. The van der Waals surface area contributed by atoms with E-state index in [9.17, 15) is 4.79 Å². The third kappa shape index (κ3) is 4.43. The van der Waals surface area contributed by atoms with Gasteiger partial charge in [-0.3, -0.25) is 4.79 Å². The van der Waals surface area contributed by atoms with Gasteiger partial charge in [0.25, 0.3) is 0 Å². The van der Waals surface area contributed by atoms with Crippen molar-refractivity contribution in [3.63, 3.8) is 0 Å². The van der Waals surface area contributed by atoms with Crippen LogP contribution in [0.3, 0.4) is 0 Å². The Morgan fingerprint density at radius 1 is 1.47 bits per heavy atom. The van der Waals surface area contributed by atoms with Crippen LogP contribution in [0.2, 0.25) is 0 Å². The molecule has 0 atom stereocenters. The number of carbonyl (C=O) groups excluding carboxylic acids is 1. The Balaban J connectivity index is 1.58. The zero-order valence-electron chi connectivity index (χ0n) is 10.2. The van der Waals surface area contributed by atoms with E-state index in [1.165, 1.54) is 11.1 Å². The first-order valence-corrected chi connectivity index (χ1v) is 7.32. The molecule has 1 N–H and O–H groups in total. The predicted octanol–water partition coefficient (Wildman–Crippen LogP) is 2.75. The molecule has 1 aromatic rings. The Morgan fingerprint density at radius 3 is 3.00 bits per heavy atom. The lowest BCUT2D eigenvalue weighted by atomic mass is 10.2. The minimum atomic E-state index is 0.251. The van der Waals surface area contributed by atoms with Gasteiger partial charge >= 0.3 is 0 Å². The summed E-state index contributed by atoms with van der Waals surface area (Å²) in [6, 6.07) is 8.59. The molecule has 0 spiro atoms. The lowest BCUT2D eigenvalue weighted by Crippen LogP contribution is -2.26. The van der Waals surface area contributed by atoms with Gasteiger partial charge in [0, 0.05) is 24.0 Å². The van der Waals surface area contributed by atoms with Gasteiger partial charge in [-0.25, -0.2) is 0 Å². The Hall–Kier alpha value is -0.960. The van der Waals surface area contributed by atoms with E-state index in [4.69, 9.17) is 0 Å². The number of rotatable bonds is 6. The molecular formula is C14H19NOS. The van der Waals surface area contributed by atoms with Gasteiger partial charge in [0.15, 0.2) is 0 Å². The van der Waals surface area contributed by atoms with Crippen LogP contribution in [-0.2, 0) is 10.5 Å². The summed E-state index contributed by atoms with van der Waals surface area (Å²) >= 11 is 1.87. The molecule has 17 heavy (non-hydrogen) atoms. The molecule has 1 fully saturated rings. The van der Waals surface area contributed by atoms with E-state index in [0.29, 0.717) is 5.92 Å². The van der Waals surface area contributed by atoms with E-state index >= 15 is 0 Å². The van der Waals surface area contributed by atoms with Gasteiger partial charge in [0.05, 0.1) is 0 Å². The fourth-order valence-corrected chi connectivity index (χ4v) is 2.53. The average molecular weight is 249 g/mol. The first kappa shape index (κ1) is 12.5. The van der Waals surface area contributed by atoms with Crippen LogP contribution in [-0.4, -0.2) is 18.2 Å². The lowest BCUT2D eigenvalue weighted by Gasteiger charge is -2.05. The number of hydrogen-bond donors (Lipinski definition) is 1. The third-order valence-corrected chi connectivity index (χ3v) is 3.88. The fraction of sp³-hybridized carbons (Fsp3) is 0.500. The van der Waals surface area contributed by atoms with Crippen LogP contribution in [0, 0.1) is 12.8 Å². The van der Waals surface area contributed by atoms with Crippen LogP contribution in [0.4, 0.5) is 0 Å². The van der Waals surface area contributed by atoms with Gasteiger partial charge < -0.3 is 5.32 Å². The van der Waals surface area contributed by atoms with Crippen LogP contribution in [0.15, 0.2) is 24.3 Å². The maximum absolute atomic E-state index is 11.4. The van der Waals surface area contributed by atoms with Gasteiger partial charge in [0.1, 0.15) is 0 Å². The summed E-state index contributed by atoms with van der Waals surface area (Å²) in [6.45, 7) is 2.91. The monoisotopic (exact) mass is 249 g/mol. The van der Waals surface area contributed by atoms with E-state index in [-0.39, 0.29) is 5.91 Å². The largest absolute Gasteiger partial charge is 0.355 e. The van der Waals surface area contributed by atoms with Crippen molar-refractivity contribution in [1.82, 2.24) is 5.32 Å². The van der Waals surface area contributed by atoms with Crippen molar-refractivity contribution < 1.29 is 4.79 Å². The molecule has 1 aliphatic rings. The Bertz CT molecular complexity index is 388. The summed E-state index contributed by atoms with van der Waals surface area (Å²) in [6.07, 6.45) is 2.17. The topological polar surface area (TPSA) is 29.1 Å². The van der Waals surface area contributed by atoms with Crippen molar-refractivity contribution in [1.29, 1.82) is 0 Å². The van der Waals surface area contributed by atoms with Crippen LogP contribution < -0.4 is 5.32 Å². The van der Waals surface area contributed by atoms with Gasteiger partial charge in [-0.1, -0.05) is 29.8 Å². The minimum absolute atomic E-state index is 0.251. The number of thioether (sulfide) groups is 1. The fourth-order valence-electron chi connectivity index (χ4n) is 1.73. The van der Waals surface area contributed by atoms with Crippen molar-refractivity contribution in [2.75, 3.05) is 12.3 Å². The quantitative estimate of drug-likeness (QED) is 0.785. The summed E-state index contributed by atoms with van der Waals surface area (Å²) in [4.78, 5) is 11.4. The summed E-state index contributed by atoms with van der Waals surface area (Å²) < 4.78 is 0. The van der Waals surface area contributed by atoms with Crippen LogP contribution in [0.25, 0.3) is 0 Å². The minimum Gasteiger partial charge on any atom is -0.355 e. The highest BCUT2D eigenvalue weighted by Crippen LogP contribution is 2.28. The summed E-state index contributed by atoms with van der Waals surface area (Å²) in [5.74, 6) is 2.60. The maximum Gasteiger partial charge on any atom is 0.223 e. The standard InChI is InChI=1S/C14H19NOS/c1-11-3-2-4-12(9-11)10-17-8-7-15-14(16)13-5-6-13/h2-4,9,13H,5-8,10H2,1H3,(H,15,16). The lowest BCUT2D eigenvalue weighted by molar-refractivity contribution is -0.122. The SMILES string of the molecule is Cc1cccc(CSCCNC(=O)C2CC2)c1. The van der Waals surface area contributed by atoms with E-state index in [2.05, 4.69) is 36.5 Å². The Kier molecular flexibility index (Phi) is 4.49. The predicted molar refractivity (Wildman–Crippen MR) is 73.1 cm³/mol. The average Bonchev–Trinajstić information content (AvgIpc) is 3.12. The molecule has 92 valence electrons. The second-order valence-corrected chi connectivity index (χ2v) is 5.71. The van der Waals surface area contributed by atoms with Crippen molar-refractivity contribution in [3.05, 3.63) is 35.4 Å². The first-order valence-electron chi connectivity index (χ1n) is 6.17. The highest BCUT2D eigenvalue weighted by atomic mass is 32.2. The molecule has 0 aliphatic heterocycles. The number of hydrogen-bond acceptors (Lipinski definition) is 2. The van der Waals surface area contributed by atoms with Crippen molar-refractivity contribution >= 4 is 17.7 Å². The zero-order chi connectivity index (χ0) is 12.1. The normalized spacial score (nSPS) is 14.6. The van der Waals surface area contributed by atoms with Gasteiger partial charge in [-0.2, -0.15) is 11.8 Å². The summed E-state index contributed by atoms with van der Waals surface area (Å²) in [5.41, 5.74) is 2.67. The number of nitrogens with one attached hydrogen (secondary N) is 1. The molecule has 1 aliphatic carbocycles. The molecule has 3 heteroatoms. The highest BCUT2D eigenvalue weighted by Gasteiger charge is 2.28. The molecule has 0 radical (unpaired) electrons. The van der Waals surface area contributed by atoms with E-state index in [0.717, 1.165) is 30.9 Å². The second kappa shape index (κ2) is 6.10. The van der Waals surface area contributed by atoms with Crippen molar-refractivity contribution in [2.45, 2.75) is 25.5 Å². The molecule has 0 saturated heterocycles. The molecule has 0 bridgehead atoms. The molecule has 1 saturated carbocycles. The van der Waals surface area contributed by atoms with Gasteiger partial charge in [0.2, 0.25) is 5.91 Å². The third-order valence-electron chi connectivity index (χ3n) is 2.84. The molecule has 0 aromatic heterocycles. The van der Waals surface area contributed by atoms with E-state index in [1.807, 2.05) is 11.8 Å². The summed E-state index contributed by atoms with van der Waals surface area (Å²) in [7, 11) is 0. The Morgan fingerprint density at radius 2 is 2.29 bits per heavy atom. The van der Waals surface area contributed by atoms with Crippen molar-refractivity contribution in [2.24, 2.45) is 5.92 Å². The molecule has 1 amide bonds. The number of aryl methyl sites for hydroxylation is 1. The summed E-state index contributed by atoms with van der Waals surface area (Å²) in [5, 5.41) is 2.98. The number of benzene rings is 1. The van der Waals surface area contributed by atoms with Gasteiger partial charge in [-0.15, -0.1) is 0 Å². The first-order chi connectivity index (χ1) is 8.25. The van der Waals surface area contributed by atoms with E-state index < -0.39 is 0 Å². The van der Waals surface area contributed by atoms with Crippen molar-refractivity contribution in [3.8, 4) is 0 Å². The smallest absolute Gasteiger partial charge is 0.223 e. The van der Waals surface area contributed by atoms with Crippen LogP contribution in [0.1, 0.15) is 24.0 Å². The molecule has 2 nitrogen and oxygen atoms in total. The van der Waals surface area contributed by atoms with Gasteiger partial charge in [-0.05, 0) is 25.3 Å².